The van der Waals surface area contributed by atoms with Gasteiger partial charge in [-0.05, 0) is 25.1 Å². The van der Waals surface area contributed by atoms with E-state index < -0.39 is 17.9 Å². The van der Waals surface area contributed by atoms with E-state index in [2.05, 4.69) is 10.2 Å². The molecule has 0 bridgehead atoms. The van der Waals surface area contributed by atoms with Crippen LogP contribution in [0.15, 0.2) is 59.2 Å². The normalized spacial score (nSPS) is 11.9. The molecule has 0 aliphatic heterocycles. The van der Waals surface area contributed by atoms with E-state index in [1.165, 1.54) is 19.3 Å². The van der Waals surface area contributed by atoms with Crippen LogP contribution < -0.4 is 0 Å². The number of furan rings is 1. The first kappa shape index (κ1) is 14.8. The lowest BCUT2D eigenvalue weighted by molar-refractivity contribution is 0.0304. The number of nitrogens with zero attached hydrogens (tertiary/aromatic N) is 1. The Balaban J connectivity index is 1.69. The van der Waals surface area contributed by atoms with Crippen LogP contribution in [0.5, 0.6) is 0 Å². The van der Waals surface area contributed by atoms with Crippen LogP contribution in [-0.4, -0.2) is 28.1 Å². The molecule has 0 saturated heterocycles. The molecule has 2 heterocycles. The standard InChI is InChI=1S/C17H14N2O4/c1-11(16(20)15-8-5-9-22-15)23-17(21)14-10-13(18-19-14)12-6-3-2-4-7-12/h2-11H,1H3,(H,18,19). The summed E-state index contributed by atoms with van der Waals surface area (Å²) < 4.78 is 10.2. The zero-order valence-corrected chi connectivity index (χ0v) is 12.4. The first-order chi connectivity index (χ1) is 11.1. The maximum atomic E-state index is 12.1. The molecule has 0 spiro atoms. The molecule has 0 saturated carbocycles. The van der Waals surface area contributed by atoms with Gasteiger partial charge in [-0.25, -0.2) is 4.79 Å². The van der Waals surface area contributed by atoms with Gasteiger partial charge in [0.25, 0.3) is 0 Å². The van der Waals surface area contributed by atoms with Crippen LogP contribution in [0.1, 0.15) is 28.0 Å². The van der Waals surface area contributed by atoms with Gasteiger partial charge in [0.2, 0.25) is 5.78 Å². The van der Waals surface area contributed by atoms with E-state index in [4.69, 9.17) is 9.15 Å². The van der Waals surface area contributed by atoms with Crippen molar-refractivity contribution in [1.29, 1.82) is 0 Å². The summed E-state index contributed by atoms with van der Waals surface area (Å²) >= 11 is 0. The molecule has 2 aromatic heterocycles. The molecule has 1 aromatic carbocycles. The molecule has 23 heavy (non-hydrogen) atoms. The topological polar surface area (TPSA) is 85.2 Å². The third-order valence-electron chi connectivity index (χ3n) is 3.28. The Morgan fingerprint density at radius 1 is 1.17 bits per heavy atom. The van der Waals surface area contributed by atoms with Crippen LogP contribution in [0, 0.1) is 0 Å². The fraction of sp³-hybridized carbons (Fsp3) is 0.118. The van der Waals surface area contributed by atoms with Gasteiger partial charge in [-0.1, -0.05) is 30.3 Å². The van der Waals surface area contributed by atoms with Crippen molar-refractivity contribution in [2.75, 3.05) is 0 Å². The Hall–Kier alpha value is -3.15. The molecule has 0 radical (unpaired) electrons. The Morgan fingerprint density at radius 2 is 1.96 bits per heavy atom. The molecule has 1 atom stereocenters. The number of hydrogen-bond donors (Lipinski definition) is 1. The highest BCUT2D eigenvalue weighted by atomic mass is 16.5. The van der Waals surface area contributed by atoms with Crippen molar-refractivity contribution in [3.63, 3.8) is 0 Å². The molecular formula is C17H14N2O4. The first-order valence-electron chi connectivity index (χ1n) is 7.04. The van der Waals surface area contributed by atoms with Gasteiger partial charge in [0, 0.05) is 5.56 Å². The number of aromatic nitrogens is 2. The number of nitrogens with one attached hydrogen (secondary N) is 1. The molecule has 3 aromatic rings. The Labute approximate surface area is 132 Å². The highest BCUT2D eigenvalue weighted by molar-refractivity contribution is 5.99. The quantitative estimate of drug-likeness (QED) is 0.578. The molecule has 0 aliphatic rings. The molecule has 1 N–H and O–H groups in total. The third kappa shape index (κ3) is 3.21. The van der Waals surface area contributed by atoms with Crippen LogP contribution in [-0.2, 0) is 4.74 Å². The van der Waals surface area contributed by atoms with Crippen LogP contribution in [0.3, 0.4) is 0 Å². The zero-order chi connectivity index (χ0) is 16.2. The first-order valence-corrected chi connectivity index (χ1v) is 7.04. The molecule has 0 aliphatic carbocycles. The lowest BCUT2D eigenvalue weighted by Gasteiger charge is -2.09. The summed E-state index contributed by atoms with van der Waals surface area (Å²) in [7, 11) is 0. The van der Waals surface area contributed by atoms with E-state index in [9.17, 15) is 9.59 Å². The second kappa shape index (κ2) is 6.31. The van der Waals surface area contributed by atoms with E-state index in [1.807, 2.05) is 30.3 Å². The van der Waals surface area contributed by atoms with Gasteiger partial charge in [-0.15, -0.1) is 0 Å². The maximum absolute atomic E-state index is 12.1. The second-order valence-electron chi connectivity index (χ2n) is 4.92. The number of ketones is 1. The van der Waals surface area contributed by atoms with E-state index in [0.717, 1.165) is 5.56 Å². The summed E-state index contributed by atoms with van der Waals surface area (Å²) in [6.45, 7) is 1.50. The number of rotatable bonds is 5. The number of hydrogen-bond acceptors (Lipinski definition) is 5. The molecule has 6 heteroatoms. The SMILES string of the molecule is CC(OC(=O)c1cc(-c2ccccc2)n[nH]1)C(=O)c1ccco1. The van der Waals surface area contributed by atoms with E-state index in [0.29, 0.717) is 5.69 Å². The summed E-state index contributed by atoms with van der Waals surface area (Å²) in [5, 5.41) is 6.70. The predicted octanol–water partition coefficient (Wildman–Crippen LogP) is 3.10. The minimum absolute atomic E-state index is 0.153. The fourth-order valence-electron chi connectivity index (χ4n) is 2.08. The smallest absolute Gasteiger partial charge is 0.357 e. The number of carbonyl (C=O) groups is 2. The molecule has 116 valence electrons. The van der Waals surface area contributed by atoms with Gasteiger partial charge in [-0.3, -0.25) is 9.89 Å². The lowest BCUT2D eigenvalue weighted by Crippen LogP contribution is -2.24. The van der Waals surface area contributed by atoms with Gasteiger partial charge >= 0.3 is 5.97 Å². The summed E-state index contributed by atoms with van der Waals surface area (Å²) in [5.41, 5.74) is 1.69. The van der Waals surface area contributed by atoms with Gasteiger partial charge in [0.05, 0.1) is 12.0 Å². The maximum Gasteiger partial charge on any atom is 0.357 e. The minimum atomic E-state index is -0.947. The number of ether oxygens (including phenoxy) is 1. The van der Waals surface area contributed by atoms with Crippen molar-refractivity contribution >= 4 is 11.8 Å². The summed E-state index contributed by atoms with van der Waals surface area (Å²) in [5.74, 6) is -0.891. The average molecular weight is 310 g/mol. The minimum Gasteiger partial charge on any atom is -0.461 e. The zero-order valence-electron chi connectivity index (χ0n) is 12.4. The number of carbonyl (C=O) groups excluding carboxylic acids is 2. The van der Waals surface area contributed by atoms with E-state index in [-0.39, 0.29) is 11.5 Å². The lowest BCUT2D eigenvalue weighted by atomic mass is 10.1. The van der Waals surface area contributed by atoms with Crippen LogP contribution in [0.4, 0.5) is 0 Å². The van der Waals surface area contributed by atoms with Crippen molar-refractivity contribution in [1.82, 2.24) is 10.2 Å². The average Bonchev–Trinajstić information content (AvgIpc) is 3.26. The van der Waals surface area contributed by atoms with Crippen molar-refractivity contribution in [2.45, 2.75) is 13.0 Å². The van der Waals surface area contributed by atoms with E-state index >= 15 is 0 Å². The Kier molecular flexibility index (Phi) is 4.05. The molecule has 0 amide bonds. The Morgan fingerprint density at radius 3 is 2.65 bits per heavy atom. The van der Waals surface area contributed by atoms with Gasteiger partial charge in [0.1, 0.15) is 5.69 Å². The van der Waals surface area contributed by atoms with Crippen molar-refractivity contribution < 1.29 is 18.7 Å². The van der Waals surface area contributed by atoms with Crippen molar-refractivity contribution in [2.24, 2.45) is 0 Å². The van der Waals surface area contributed by atoms with Crippen LogP contribution >= 0.6 is 0 Å². The van der Waals surface area contributed by atoms with Gasteiger partial charge < -0.3 is 9.15 Å². The van der Waals surface area contributed by atoms with Crippen LogP contribution in [0.2, 0.25) is 0 Å². The summed E-state index contributed by atoms with van der Waals surface area (Å²) in [6, 6.07) is 14.1. The summed E-state index contributed by atoms with van der Waals surface area (Å²) in [6.07, 6.45) is 0.445. The van der Waals surface area contributed by atoms with Gasteiger partial charge in [-0.2, -0.15) is 5.10 Å². The molecule has 1 unspecified atom stereocenters. The number of benzene rings is 1. The van der Waals surface area contributed by atoms with Crippen molar-refractivity contribution in [3.8, 4) is 11.3 Å². The number of Topliss-reactive ketones (excluding diaryl/α,β-unsaturated/α-hetero) is 1. The highest BCUT2D eigenvalue weighted by Crippen LogP contribution is 2.18. The number of aromatic amines is 1. The van der Waals surface area contributed by atoms with Crippen LogP contribution in [0.25, 0.3) is 11.3 Å². The molecular weight excluding hydrogens is 296 g/mol. The molecule has 3 rings (SSSR count). The second-order valence-corrected chi connectivity index (χ2v) is 4.92. The number of esters is 1. The largest absolute Gasteiger partial charge is 0.461 e. The fourth-order valence-corrected chi connectivity index (χ4v) is 2.08. The highest BCUT2D eigenvalue weighted by Gasteiger charge is 2.23. The predicted molar refractivity (Wildman–Crippen MR) is 81.9 cm³/mol. The van der Waals surface area contributed by atoms with Crippen molar-refractivity contribution in [3.05, 3.63) is 66.2 Å². The summed E-state index contributed by atoms with van der Waals surface area (Å²) in [4.78, 5) is 24.1. The molecule has 6 nitrogen and oxygen atoms in total. The number of H-pyrrole nitrogens is 1. The third-order valence-corrected chi connectivity index (χ3v) is 3.28. The monoisotopic (exact) mass is 310 g/mol. The van der Waals surface area contributed by atoms with Gasteiger partial charge in [0.15, 0.2) is 11.9 Å². The van der Waals surface area contributed by atoms with E-state index in [1.54, 1.807) is 12.1 Å². The molecule has 0 fully saturated rings. The Bertz CT molecular complexity index is 806.